The molecule has 2 aromatic heterocycles. The van der Waals surface area contributed by atoms with Crippen molar-refractivity contribution >= 4 is 27.7 Å². The van der Waals surface area contributed by atoms with Gasteiger partial charge in [0, 0.05) is 48.1 Å². The van der Waals surface area contributed by atoms with E-state index in [0.717, 1.165) is 33.1 Å². The van der Waals surface area contributed by atoms with E-state index < -0.39 is 0 Å². The molecule has 0 aliphatic carbocycles. The lowest BCUT2D eigenvalue weighted by Crippen LogP contribution is -2.28. The molecule has 0 aliphatic rings. The van der Waals surface area contributed by atoms with Crippen molar-refractivity contribution in [2.24, 2.45) is 7.05 Å². The number of pyridine rings is 1. The van der Waals surface area contributed by atoms with Crippen molar-refractivity contribution in [2.75, 3.05) is 0 Å². The molecule has 1 N–H and O–H groups in total. The zero-order chi connectivity index (χ0) is 22.8. The molecule has 2 unspecified atom stereocenters. The Bertz CT molecular complexity index is 1420. The minimum absolute atomic E-state index is 0.0254. The third-order valence-corrected chi connectivity index (χ3v) is 6.38. The van der Waals surface area contributed by atoms with Crippen molar-refractivity contribution in [3.8, 4) is 0 Å². The first-order chi connectivity index (χ1) is 16.1. The molecule has 5 aromatic rings. The molecule has 0 bridgehead atoms. The Morgan fingerprint density at radius 3 is 2.52 bits per heavy atom. The van der Waals surface area contributed by atoms with Crippen LogP contribution in [0.5, 0.6) is 0 Å². The van der Waals surface area contributed by atoms with Crippen molar-refractivity contribution in [1.82, 2.24) is 14.9 Å². The van der Waals surface area contributed by atoms with Gasteiger partial charge in [-0.25, -0.2) is 0 Å². The molecular weight excluding hydrogens is 406 g/mol. The van der Waals surface area contributed by atoms with Crippen molar-refractivity contribution in [1.29, 1.82) is 0 Å². The van der Waals surface area contributed by atoms with E-state index in [1.54, 1.807) is 0 Å². The lowest BCUT2D eigenvalue weighted by atomic mass is 9.88. The molecule has 2 atom stereocenters. The zero-order valence-electron chi connectivity index (χ0n) is 18.9. The minimum atomic E-state index is -0.101. The summed E-state index contributed by atoms with van der Waals surface area (Å²) >= 11 is 0. The van der Waals surface area contributed by atoms with Crippen LogP contribution in [0.1, 0.15) is 42.0 Å². The number of benzene rings is 3. The molecule has 0 aliphatic heterocycles. The van der Waals surface area contributed by atoms with Gasteiger partial charge < -0.3 is 9.88 Å². The first-order valence-corrected chi connectivity index (χ1v) is 11.3. The number of fused-ring (bicyclic) bond motifs is 2. The van der Waals surface area contributed by atoms with Crippen LogP contribution in [0.3, 0.4) is 0 Å². The van der Waals surface area contributed by atoms with Gasteiger partial charge >= 0.3 is 0 Å². The van der Waals surface area contributed by atoms with Gasteiger partial charge in [-0.15, -0.1) is 0 Å². The number of hydrogen-bond donors (Lipinski definition) is 1. The number of carbonyl (C=O) groups excluding carboxylic acids is 1. The number of para-hydroxylation sites is 2. The van der Waals surface area contributed by atoms with E-state index in [4.69, 9.17) is 4.98 Å². The standard InChI is InChI=1S/C29H27N3O/c1-20(21-10-4-3-5-11-21)31-29(33)17-25(23-16-22-12-6-8-14-27(22)30-18-23)26-19-32(2)28-15-9-7-13-24(26)28/h3-16,18-20,25H,17H2,1-2H3,(H,31,33). The van der Waals surface area contributed by atoms with Crippen LogP contribution in [-0.2, 0) is 11.8 Å². The Balaban J connectivity index is 1.52. The first kappa shape index (κ1) is 21.0. The molecule has 2 heterocycles. The second-order valence-corrected chi connectivity index (χ2v) is 8.63. The molecule has 4 nitrogen and oxygen atoms in total. The third kappa shape index (κ3) is 4.24. The number of nitrogens with zero attached hydrogens (tertiary/aromatic N) is 2. The van der Waals surface area contributed by atoms with Crippen LogP contribution in [0.4, 0.5) is 0 Å². The highest BCUT2D eigenvalue weighted by atomic mass is 16.1. The van der Waals surface area contributed by atoms with Gasteiger partial charge in [-0.2, -0.15) is 0 Å². The van der Waals surface area contributed by atoms with Crippen molar-refractivity contribution in [3.63, 3.8) is 0 Å². The van der Waals surface area contributed by atoms with E-state index in [0.29, 0.717) is 6.42 Å². The number of carbonyl (C=O) groups is 1. The summed E-state index contributed by atoms with van der Waals surface area (Å²) in [6, 6.07) is 28.6. The maximum absolute atomic E-state index is 13.3. The van der Waals surface area contributed by atoms with Gasteiger partial charge in [-0.3, -0.25) is 9.78 Å². The van der Waals surface area contributed by atoms with Gasteiger partial charge in [-0.05, 0) is 41.8 Å². The van der Waals surface area contributed by atoms with E-state index in [9.17, 15) is 4.79 Å². The Labute approximate surface area is 193 Å². The number of rotatable bonds is 6. The van der Waals surface area contributed by atoms with Crippen LogP contribution in [0.2, 0.25) is 0 Å². The predicted octanol–water partition coefficient (Wildman–Crippen LogP) is 6.13. The van der Waals surface area contributed by atoms with E-state index in [-0.39, 0.29) is 17.9 Å². The number of hydrogen-bond acceptors (Lipinski definition) is 2. The summed E-state index contributed by atoms with van der Waals surface area (Å²) in [5.41, 5.74) is 5.41. The van der Waals surface area contributed by atoms with Crippen LogP contribution in [-0.4, -0.2) is 15.5 Å². The Morgan fingerprint density at radius 2 is 1.67 bits per heavy atom. The zero-order valence-corrected chi connectivity index (χ0v) is 18.9. The molecule has 0 saturated carbocycles. The average Bonchev–Trinajstić information content (AvgIpc) is 3.19. The number of aromatic nitrogens is 2. The van der Waals surface area contributed by atoms with Gasteiger partial charge in [0.1, 0.15) is 0 Å². The molecule has 5 rings (SSSR count). The van der Waals surface area contributed by atoms with Crippen LogP contribution >= 0.6 is 0 Å². The van der Waals surface area contributed by atoms with Crippen LogP contribution in [0, 0.1) is 0 Å². The first-order valence-electron chi connectivity index (χ1n) is 11.3. The van der Waals surface area contributed by atoms with E-state index in [2.05, 4.69) is 53.5 Å². The molecule has 3 aromatic carbocycles. The van der Waals surface area contributed by atoms with Gasteiger partial charge in [0.15, 0.2) is 0 Å². The normalized spacial score (nSPS) is 13.2. The summed E-state index contributed by atoms with van der Waals surface area (Å²) < 4.78 is 2.14. The maximum atomic E-state index is 13.3. The Morgan fingerprint density at radius 1 is 0.939 bits per heavy atom. The fourth-order valence-electron chi connectivity index (χ4n) is 4.65. The lowest BCUT2D eigenvalue weighted by Gasteiger charge is -2.20. The fourth-order valence-corrected chi connectivity index (χ4v) is 4.65. The van der Waals surface area contributed by atoms with Gasteiger partial charge in [-0.1, -0.05) is 66.7 Å². The second-order valence-electron chi connectivity index (χ2n) is 8.63. The highest BCUT2D eigenvalue weighted by Crippen LogP contribution is 2.35. The largest absolute Gasteiger partial charge is 0.350 e. The number of aryl methyl sites for hydroxylation is 1. The topological polar surface area (TPSA) is 46.9 Å². The predicted molar refractivity (Wildman–Crippen MR) is 134 cm³/mol. The molecule has 0 saturated heterocycles. The van der Waals surface area contributed by atoms with Crippen molar-refractivity contribution in [3.05, 3.63) is 114 Å². The summed E-state index contributed by atoms with van der Waals surface area (Å²) in [6.07, 6.45) is 4.42. The quantitative estimate of drug-likeness (QED) is 0.350. The second kappa shape index (κ2) is 8.91. The summed E-state index contributed by atoms with van der Waals surface area (Å²) in [6.45, 7) is 2.03. The number of nitrogens with one attached hydrogen (secondary N) is 1. The molecule has 0 radical (unpaired) electrons. The molecule has 0 spiro atoms. The Kier molecular flexibility index (Phi) is 5.66. The average molecular weight is 434 g/mol. The third-order valence-electron chi connectivity index (χ3n) is 6.38. The highest BCUT2D eigenvalue weighted by Gasteiger charge is 2.24. The summed E-state index contributed by atoms with van der Waals surface area (Å²) in [4.78, 5) is 17.9. The molecule has 4 heteroatoms. The lowest BCUT2D eigenvalue weighted by molar-refractivity contribution is -0.121. The van der Waals surface area contributed by atoms with Crippen LogP contribution in [0.25, 0.3) is 21.8 Å². The van der Waals surface area contributed by atoms with Gasteiger partial charge in [0.2, 0.25) is 5.91 Å². The number of amides is 1. The van der Waals surface area contributed by atoms with Crippen LogP contribution < -0.4 is 5.32 Å². The Hall–Kier alpha value is -3.92. The van der Waals surface area contributed by atoms with Crippen LogP contribution in [0.15, 0.2) is 97.3 Å². The van der Waals surface area contributed by atoms with E-state index in [1.807, 2.05) is 67.7 Å². The van der Waals surface area contributed by atoms with Gasteiger partial charge in [0.25, 0.3) is 0 Å². The molecule has 1 amide bonds. The molecule has 0 fully saturated rings. The van der Waals surface area contributed by atoms with Gasteiger partial charge in [0.05, 0.1) is 11.6 Å². The highest BCUT2D eigenvalue weighted by molar-refractivity contribution is 5.87. The van der Waals surface area contributed by atoms with Crippen molar-refractivity contribution in [2.45, 2.75) is 25.3 Å². The smallest absolute Gasteiger partial charge is 0.221 e. The molecular formula is C29H27N3O. The minimum Gasteiger partial charge on any atom is -0.350 e. The summed E-state index contributed by atoms with van der Waals surface area (Å²) in [5, 5.41) is 5.44. The SMILES string of the molecule is CC(NC(=O)CC(c1cnc2ccccc2c1)c1cn(C)c2ccccc12)c1ccccc1. The maximum Gasteiger partial charge on any atom is 0.221 e. The summed E-state index contributed by atoms with van der Waals surface area (Å²) in [7, 11) is 2.05. The molecule has 33 heavy (non-hydrogen) atoms. The summed E-state index contributed by atoms with van der Waals surface area (Å²) in [5.74, 6) is -0.0753. The van der Waals surface area contributed by atoms with E-state index >= 15 is 0 Å². The fraction of sp³-hybridized carbons (Fsp3) is 0.172. The molecule has 164 valence electrons. The van der Waals surface area contributed by atoms with Crippen molar-refractivity contribution < 1.29 is 4.79 Å². The van der Waals surface area contributed by atoms with E-state index in [1.165, 1.54) is 5.39 Å². The monoisotopic (exact) mass is 433 g/mol.